The fraction of sp³-hybridized carbons (Fsp3) is 0.294. The summed E-state index contributed by atoms with van der Waals surface area (Å²) in [6.07, 6.45) is 6.63. The first-order valence-electron chi connectivity index (χ1n) is 8.12. The molecule has 0 saturated carbocycles. The maximum Gasteiger partial charge on any atom is 0.330 e. The van der Waals surface area contributed by atoms with E-state index in [2.05, 4.69) is 20.3 Å². The van der Waals surface area contributed by atoms with E-state index >= 15 is 0 Å². The number of anilines is 1. The minimum Gasteiger partial charge on any atom is -0.381 e. The van der Waals surface area contributed by atoms with Gasteiger partial charge in [0.1, 0.15) is 11.5 Å². The zero-order valence-electron chi connectivity index (χ0n) is 13.4. The van der Waals surface area contributed by atoms with Crippen LogP contribution in [0.15, 0.2) is 41.6 Å². The molecule has 8 nitrogen and oxygen atoms in total. The van der Waals surface area contributed by atoms with Gasteiger partial charge in [-0.2, -0.15) is 0 Å². The Morgan fingerprint density at radius 2 is 2.04 bits per heavy atom. The number of aromatic nitrogens is 4. The molecule has 0 bridgehead atoms. The van der Waals surface area contributed by atoms with Crippen LogP contribution in [0, 0.1) is 0 Å². The lowest BCUT2D eigenvalue weighted by molar-refractivity contribution is 0.0836. The van der Waals surface area contributed by atoms with Crippen LogP contribution in [0.25, 0.3) is 5.52 Å². The van der Waals surface area contributed by atoms with Crippen molar-refractivity contribution in [2.45, 2.75) is 18.8 Å². The van der Waals surface area contributed by atoms with Gasteiger partial charge in [0.05, 0.1) is 23.6 Å². The van der Waals surface area contributed by atoms with E-state index in [0.717, 1.165) is 31.9 Å². The number of hydrogen-bond donors (Lipinski definition) is 2. The molecule has 4 rings (SSSR count). The van der Waals surface area contributed by atoms with Crippen molar-refractivity contribution in [3.05, 3.63) is 58.8 Å². The summed E-state index contributed by atoms with van der Waals surface area (Å²) in [4.78, 5) is 35.5. The second-order valence-corrected chi connectivity index (χ2v) is 5.96. The molecule has 8 heteroatoms. The lowest BCUT2D eigenvalue weighted by Gasteiger charge is -2.20. The van der Waals surface area contributed by atoms with Gasteiger partial charge in [0.25, 0.3) is 5.91 Å². The molecule has 1 aliphatic rings. The Labute approximate surface area is 142 Å². The molecular weight excluding hydrogens is 322 g/mol. The van der Waals surface area contributed by atoms with Crippen LogP contribution < -0.4 is 11.0 Å². The Hall–Kier alpha value is -3.00. The molecule has 0 aromatic carbocycles. The number of fused-ring (bicyclic) bond motifs is 1. The first-order valence-corrected chi connectivity index (χ1v) is 8.12. The zero-order chi connectivity index (χ0) is 17.2. The fourth-order valence-corrected chi connectivity index (χ4v) is 2.95. The molecule has 128 valence electrons. The van der Waals surface area contributed by atoms with Crippen molar-refractivity contribution >= 4 is 17.1 Å². The van der Waals surface area contributed by atoms with E-state index in [4.69, 9.17) is 4.74 Å². The number of carbonyl (C=O) groups excluding carboxylic acids is 1. The molecule has 0 atom stereocenters. The van der Waals surface area contributed by atoms with Crippen molar-refractivity contribution in [3.63, 3.8) is 0 Å². The highest BCUT2D eigenvalue weighted by atomic mass is 16.5. The van der Waals surface area contributed by atoms with E-state index in [1.807, 2.05) is 0 Å². The van der Waals surface area contributed by atoms with Gasteiger partial charge in [0.15, 0.2) is 0 Å². The minimum atomic E-state index is -0.414. The van der Waals surface area contributed by atoms with E-state index in [9.17, 15) is 9.59 Å². The Morgan fingerprint density at radius 3 is 2.80 bits per heavy atom. The molecular formula is C17H17N5O3. The van der Waals surface area contributed by atoms with Crippen molar-refractivity contribution < 1.29 is 9.53 Å². The lowest BCUT2D eigenvalue weighted by atomic mass is 9.99. The highest BCUT2D eigenvalue weighted by Gasteiger charge is 2.18. The van der Waals surface area contributed by atoms with Crippen molar-refractivity contribution in [1.29, 1.82) is 0 Å². The quantitative estimate of drug-likeness (QED) is 0.754. The average Bonchev–Trinajstić information content (AvgIpc) is 3.12. The number of ether oxygens (including phenoxy) is 1. The van der Waals surface area contributed by atoms with Crippen LogP contribution in [-0.2, 0) is 4.74 Å². The van der Waals surface area contributed by atoms with Crippen LogP contribution in [0.4, 0.5) is 5.69 Å². The smallest absolute Gasteiger partial charge is 0.330 e. The fourth-order valence-electron chi connectivity index (χ4n) is 2.95. The number of H-pyrrole nitrogens is 1. The van der Waals surface area contributed by atoms with E-state index < -0.39 is 5.91 Å². The zero-order valence-corrected chi connectivity index (χ0v) is 13.4. The molecule has 1 aliphatic heterocycles. The lowest BCUT2D eigenvalue weighted by Crippen LogP contribution is -2.23. The number of carbonyl (C=O) groups is 1. The third-order valence-electron chi connectivity index (χ3n) is 4.29. The second kappa shape index (κ2) is 6.48. The van der Waals surface area contributed by atoms with E-state index in [0.29, 0.717) is 17.1 Å². The first kappa shape index (κ1) is 15.5. The van der Waals surface area contributed by atoms with E-state index in [1.165, 1.54) is 4.40 Å². The Balaban J connectivity index is 1.50. The minimum absolute atomic E-state index is 0.185. The predicted octanol–water partition coefficient (Wildman–Crippen LogP) is 1.56. The molecule has 1 fully saturated rings. The monoisotopic (exact) mass is 339 g/mol. The second-order valence-electron chi connectivity index (χ2n) is 5.96. The number of rotatable bonds is 3. The van der Waals surface area contributed by atoms with Gasteiger partial charge in [0.2, 0.25) is 0 Å². The molecule has 25 heavy (non-hydrogen) atoms. The van der Waals surface area contributed by atoms with Crippen LogP contribution >= 0.6 is 0 Å². The average molecular weight is 339 g/mol. The molecule has 0 radical (unpaired) electrons. The predicted molar refractivity (Wildman–Crippen MR) is 90.8 cm³/mol. The summed E-state index contributed by atoms with van der Waals surface area (Å²) >= 11 is 0. The van der Waals surface area contributed by atoms with Crippen LogP contribution in [0.3, 0.4) is 0 Å². The highest BCUT2D eigenvalue weighted by Crippen LogP contribution is 2.24. The number of aromatic amines is 1. The Morgan fingerprint density at radius 1 is 1.28 bits per heavy atom. The van der Waals surface area contributed by atoms with Gasteiger partial charge in [0, 0.05) is 25.3 Å². The number of nitrogens with one attached hydrogen (secondary N) is 2. The summed E-state index contributed by atoms with van der Waals surface area (Å²) < 4.78 is 6.77. The molecule has 0 aliphatic carbocycles. The maximum atomic E-state index is 12.4. The van der Waals surface area contributed by atoms with Crippen molar-refractivity contribution in [3.8, 4) is 0 Å². The standard InChI is InChI=1S/C17H17N5O3/c23-16(14-8-13-2-1-5-22(13)17(24)21-14)20-12-9-18-15(19-10-12)11-3-6-25-7-4-11/h1-2,5,8-11H,3-4,6-7H2,(H,20,23)(H,21,24). The summed E-state index contributed by atoms with van der Waals surface area (Å²) in [7, 11) is 0. The van der Waals surface area contributed by atoms with E-state index in [1.54, 1.807) is 36.8 Å². The molecule has 3 aromatic rings. The van der Waals surface area contributed by atoms with Gasteiger partial charge < -0.3 is 15.0 Å². The van der Waals surface area contributed by atoms with Crippen LogP contribution in [-0.4, -0.2) is 38.5 Å². The van der Waals surface area contributed by atoms with Gasteiger partial charge in [-0.1, -0.05) is 0 Å². The maximum absolute atomic E-state index is 12.4. The number of amides is 1. The molecule has 1 amide bonds. The molecule has 2 N–H and O–H groups in total. The molecule has 1 saturated heterocycles. The topological polar surface area (TPSA) is 101 Å². The van der Waals surface area contributed by atoms with Crippen LogP contribution in [0.2, 0.25) is 0 Å². The van der Waals surface area contributed by atoms with Crippen molar-refractivity contribution in [2.24, 2.45) is 0 Å². The summed E-state index contributed by atoms with van der Waals surface area (Å²) in [6.45, 7) is 1.45. The molecule has 0 unspecified atom stereocenters. The van der Waals surface area contributed by atoms with Gasteiger partial charge in [-0.05, 0) is 31.0 Å². The van der Waals surface area contributed by atoms with Gasteiger partial charge >= 0.3 is 5.69 Å². The van der Waals surface area contributed by atoms with Crippen molar-refractivity contribution in [1.82, 2.24) is 19.4 Å². The summed E-state index contributed by atoms with van der Waals surface area (Å²) in [5.41, 5.74) is 0.959. The van der Waals surface area contributed by atoms with Crippen LogP contribution in [0.5, 0.6) is 0 Å². The number of nitrogens with zero attached hydrogens (tertiary/aromatic N) is 3. The Bertz CT molecular complexity index is 954. The summed E-state index contributed by atoms with van der Waals surface area (Å²) in [5.74, 6) is 0.652. The first-order chi connectivity index (χ1) is 12.2. The highest BCUT2D eigenvalue weighted by molar-refractivity contribution is 6.03. The summed E-state index contributed by atoms with van der Waals surface area (Å²) in [6, 6.07) is 5.13. The van der Waals surface area contributed by atoms with Gasteiger partial charge in [-0.15, -0.1) is 0 Å². The normalized spacial score (nSPS) is 15.4. The summed E-state index contributed by atoms with van der Waals surface area (Å²) in [5, 5.41) is 2.70. The Kier molecular flexibility index (Phi) is 4.02. The SMILES string of the molecule is O=C(Nc1cnc(C2CCOCC2)nc1)c1cc2cccn2c(=O)[nH]1. The molecule has 0 spiro atoms. The largest absolute Gasteiger partial charge is 0.381 e. The third kappa shape index (κ3) is 3.16. The third-order valence-corrected chi connectivity index (χ3v) is 4.29. The molecule has 3 aromatic heterocycles. The van der Waals surface area contributed by atoms with Gasteiger partial charge in [-0.3, -0.25) is 9.20 Å². The van der Waals surface area contributed by atoms with Crippen molar-refractivity contribution in [2.75, 3.05) is 18.5 Å². The number of hydrogen-bond acceptors (Lipinski definition) is 5. The molecule has 4 heterocycles. The van der Waals surface area contributed by atoms with Gasteiger partial charge in [-0.25, -0.2) is 14.8 Å². The van der Waals surface area contributed by atoms with Crippen LogP contribution in [0.1, 0.15) is 35.1 Å². The van der Waals surface area contributed by atoms with E-state index in [-0.39, 0.29) is 11.4 Å².